The number of nitrogens with zero attached hydrogens (tertiary/aromatic N) is 3. The van der Waals surface area contributed by atoms with E-state index in [4.69, 9.17) is 11.6 Å². The summed E-state index contributed by atoms with van der Waals surface area (Å²) in [4.78, 5) is 8.48. The van der Waals surface area contributed by atoms with Crippen LogP contribution in [0.2, 0.25) is 0 Å². The Kier molecular flexibility index (Phi) is 6.33. The fourth-order valence-electron chi connectivity index (χ4n) is 7.35. The first kappa shape index (κ1) is 28.7. The Hall–Kier alpha value is -6.45. The highest BCUT2D eigenvalue weighted by Crippen LogP contribution is 2.46. The first-order chi connectivity index (χ1) is 23.9. The highest BCUT2D eigenvalue weighted by Gasteiger charge is 2.30. The second-order valence-electron chi connectivity index (χ2n) is 12.1. The van der Waals surface area contributed by atoms with Crippen molar-refractivity contribution in [1.82, 2.24) is 9.55 Å². The molecule has 0 unspecified atom stereocenters. The van der Waals surface area contributed by atoms with Gasteiger partial charge in [0, 0.05) is 28.2 Å². The molecule has 9 aromatic rings. The standard InChI is InChI=1S/C43H24F3N3/c1-47-29-18-22-39-37(25-29)36-24-27(15-21-38(36)49(39)30-19-16-28(17-20-30)43(44,45)46)40-31-10-2-4-12-33(31)41(34-13-5-3-11-32(34)40)35-14-6-8-26-9-7-23-48-42(26)35/h2-25H. The molecule has 0 amide bonds. The summed E-state index contributed by atoms with van der Waals surface area (Å²) in [5.74, 6) is 0. The maximum Gasteiger partial charge on any atom is 0.416 e. The van der Waals surface area contributed by atoms with Crippen molar-refractivity contribution in [3.8, 4) is 27.9 Å². The summed E-state index contributed by atoms with van der Waals surface area (Å²) < 4.78 is 42.3. The molecule has 0 N–H and O–H groups in total. The lowest BCUT2D eigenvalue weighted by atomic mass is 9.85. The Morgan fingerprint density at radius 2 is 1.18 bits per heavy atom. The van der Waals surface area contributed by atoms with Gasteiger partial charge in [0.25, 0.3) is 0 Å². The third-order valence-corrected chi connectivity index (χ3v) is 9.45. The topological polar surface area (TPSA) is 22.2 Å². The van der Waals surface area contributed by atoms with Crippen LogP contribution in [0.4, 0.5) is 18.9 Å². The Bertz CT molecular complexity index is 2760. The van der Waals surface area contributed by atoms with Gasteiger partial charge in [0.1, 0.15) is 0 Å². The predicted octanol–water partition coefficient (Wildman–Crippen LogP) is 12.5. The van der Waals surface area contributed by atoms with Crippen LogP contribution in [0.3, 0.4) is 0 Å². The van der Waals surface area contributed by atoms with Crippen molar-refractivity contribution >= 4 is 59.9 Å². The zero-order valence-corrected chi connectivity index (χ0v) is 25.8. The Labute approximate surface area is 278 Å². The van der Waals surface area contributed by atoms with Crippen molar-refractivity contribution in [1.29, 1.82) is 0 Å². The van der Waals surface area contributed by atoms with E-state index in [9.17, 15) is 13.2 Å². The van der Waals surface area contributed by atoms with Crippen molar-refractivity contribution in [2.45, 2.75) is 6.18 Å². The molecular formula is C43H24F3N3. The third-order valence-electron chi connectivity index (χ3n) is 9.45. The molecule has 0 aliphatic heterocycles. The van der Waals surface area contributed by atoms with E-state index >= 15 is 0 Å². The molecule has 2 heterocycles. The number of aromatic nitrogens is 2. The van der Waals surface area contributed by atoms with Crippen LogP contribution >= 0.6 is 0 Å². The quantitative estimate of drug-likeness (QED) is 0.139. The highest BCUT2D eigenvalue weighted by atomic mass is 19.4. The first-order valence-corrected chi connectivity index (χ1v) is 15.8. The number of hydrogen-bond donors (Lipinski definition) is 0. The molecule has 3 nitrogen and oxygen atoms in total. The molecular weight excluding hydrogens is 615 g/mol. The smallest absolute Gasteiger partial charge is 0.309 e. The number of pyridine rings is 1. The van der Waals surface area contributed by atoms with E-state index in [0.717, 1.165) is 88.6 Å². The fraction of sp³-hybridized carbons (Fsp3) is 0.0233. The maximum absolute atomic E-state index is 13.4. The Balaban J connectivity index is 1.34. The molecule has 9 rings (SSSR count). The molecule has 0 aliphatic carbocycles. The van der Waals surface area contributed by atoms with Crippen LogP contribution in [-0.2, 0) is 6.18 Å². The summed E-state index contributed by atoms with van der Waals surface area (Å²) in [6, 6.07) is 44.2. The number of para-hydroxylation sites is 1. The largest absolute Gasteiger partial charge is 0.416 e. The predicted molar refractivity (Wildman–Crippen MR) is 193 cm³/mol. The Morgan fingerprint density at radius 1 is 0.571 bits per heavy atom. The minimum atomic E-state index is -4.43. The van der Waals surface area contributed by atoms with Crippen LogP contribution in [0.5, 0.6) is 0 Å². The van der Waals surface area contributed by atoms with Crippen LogP contribution in [-0.4, -0.2) is 9.55 Å². The summed E-state index contributed by atoms with van der Waals surface area (Å²) in [7, 11) is 0. The van der Waals surface area contributed by atoms with E-state index < -0.39 is 11.7 Å². The van der Waals surface area contributed by atoms with Gasteiger partial charge in [0.15, 0.2) is 5.69 Å². The van der Waals surface area contributed by atoms with Gasteiger partial charge in [0.05, 0.1) is 28.7 Å². The molecule has 0 bridgehead atoms. The maximum atomic E-state index is 13.4. The van der Waals surface area contributed by atoms with Crippen molar-refractivity contribution in [3.05, 3.63) is 163 Å². The van der Waals surface area contributed by atoms with Gasteiger partial charge < -0.3 is 4.57 Å². The van der Waals surface area contributed by atoms with Crippen LogP contribution < -0.4 is 0 Å². The number of fused-ring (bicyclic) bond motifs is 6. The molecule has 49 heavy (non-hydrogen) atoms. The number of halogens is 3. The molecule has 0 saturated carbocycles. The second-order valence-corrected chi connectivity index (χ2v) is 12.1. The van der Waals surface area contributed by atoms with Gasteiger partial charge in [-0.1, -0.05) is 84.9 Å². The SMILES string of the molecule is [C-]#[N+]c1ccc2c(c1)c1cc(-c3c4ccccc4c(-c4cccc5cccnc45)c4ccccc34)ccc1n2-c1ccc(C(F)(F)F)cc1. The van der Waals surface area contributed by atoms with Gasteiger partial charge in [-0.05, 0) is 98.2 Å². The van der Waals surface area contributed by atoms with E-state index in [2.05, 4.69) is 89.8 Å². The summed E-state index contributed by atoms with van der Waals surface area (Å²) >= 11 is 0. The molecule has 7 aromatic carbocycles. The molecule has 2 aromatic heterocycles. The molecule has 0 radical (unpaired) electrons. The van der Waals surface area contributed by atoms with Crippen LogP contribution in [0.15, 0.2) is 146 Å². The lowest BCUT2D eigenvalue weighted by Crippen LogP contribution is -2.05. The van der Waals surface area contributed by atoms with Crippen molar-refractivity contribution < 1.29 is 13.2 Å². The van der Waals surface area contributed by atoms with Crippen LogP contribution in [0, 0.1) is 6.57 Å². The van der Waals surface area contributed by atoms with Crippen LogP contribution in [0.1, 0.15) is 5.56 Å². The van der Waals surface area contributed by atoms with Crippen molar-refractivity contribution in [2.75, 3.05) is 0 Å². The van der Waals surface area contributed by atoms with Crippen molar-refractivity contribution in [2.24, 2.45) is 0 Å². The monoisotopic (exact) mass is 639 g/mol. The van der Waals surface area contributed by atoms with E-state index in [-0.39, 0.29) is 0 Å². The summed E-state index contributed by atoms with van der Waals surface area (Å²) in [5.41, 5.74) is 7.29. The minimum absolute atomic E-state index is 0.494. The van der Waals surface area contributed by atoms with Crippen LogP contribution in [0.25, 0.3) is 87.0 Å². The first-order valence-electron chi connectivity index (χ1n) is 15.8. The average Bonchev–Trinajstić information content (AvgIpc) is 3.46. The molecule has 0 atom stereocenters. The van der Waals surface area contributed by atoms with Gasteiger partial charge in [-0.2, -0.15) is 13.2 Å². The normalized spacial score (nSPS) is 12.0. The lowest BCUT2D eigenvalue weighted by molar-refractivity contribution is -0.137. The summed E-state index contributed by atoms with van der Waals surface area (Å²) in [5, 5.41) is 7.25. The molecule has 6 heteroatoms. The number of rotatable bonds is 3. The lowest BCUT2D eigenvalue weighted by Gasteiger charge is -2.18. The fourth-order valence-corrected chi connectivity index (χ4v) is 7.35. The highest BCUT2D eigenvalue weighted by molar-refractivity contribution is 6.24. The zero-order chi connectivity index (χ0) is 33.3. The van der Waals surface area contributed by atoms with E-state index in [0.29, 0.717) is 11.4 Å². The zero-order valence-electron chi connectivity index (χ0n) is 25.8. The van der Waals surface area contributed by atoms with Gasteiger partial charge in [-0.3, -0.25) is 4.98 Å². The number of alkyl halides is 3. The minimum Gasteiger partial charge on any atom is -0.309 e. The van der Waals surface area contributed by atoms with Crippen molar-refractivity contribution in [3.63, 3.8) is 0 Å². The second kappa shape index (κ2) is 10.8. The third kappa shape index (κ3) is 4.47. The number of hydrogen-bond acceptors (Lipinski definition) is 1. The molecule has 0 aliphatic rings. The van der Waals surface area contributed by atoms with E-state index in [1.54, 1.807) is 6.07 Å². The van der Waals surface area contributed by atoms with Gasteiger partial charge in [0.2, 0.25) is 0 Å². The Morgan fingerprint density at radius 3 is 1.84 bits per heavy atom. The van der Waals surface area contributed by atoms with Gasteiger partial charge in [-0.15, -0.1) is 0 Å². The number of benzene rings is 7. The van der Waals surface area contributed by atoms with Gasteiger partial charge in [-0.25, -0.2) is 4.85 Å². The average molecular weight is 640 g/mol. The molecule has 0 spiro atoms. The van der Waals surface area contributed by atoms with Gasteiger partial charge >= 0.3 is 6.18 Å². The molecule has 0 fully saturated rings. The molecule has 232 valence electrons. The summed E-state index contributed by atoms with van der Waals surface area (Å²) in [6.07, 6.45) is -2.59. The van der Waals surface area contributed by atoms with E-state index in [1.165, 1.54) is 12.1 Å². The summed E-state index contributed by atoms with van der Waals surface area (Å²) in [6.45, 7) is 7.69. The van der Waals surface area contributed by atoms with E-state index in [1.807, 2.05) is 35.0 Å². The molecule has 0 saturated heterocycles.